The van der Waals surface area contributed by atoms with Crippen LogP contribution >= 0.6 is 11.8 Å². The quantitative estimate of drug-likeness (QED) is 0.827. The van der Waals surface area contributed by atoms with E-state index in [0.29, 0.717) is 16.7 Å². The highest BCUT2D eigenvalue weighted by Crippen LogP contribution is 2.23. The van der Waals surface area contributed by atoms with E-state index in [1.54, 1.807) is 13.0 Å². The average molecular weight is 330 g/mol. The number of rotatable bonds is 5. The summed E-state index contributed by atoms with van der Waals surface area (Å²) in [4.78, 5) is 15.8. The number of nitrogens with zero attached hydrogens (tertiary/aromatic N) is 2. The number of alkyl halides is 3. The number of hydrogen-bond acceptors (Lipinski definition) is 4. The second-order valence-corrected chi connectivity index (χ2v) is 5.48. The number of carbonyl (C=O) groups excluding carboxylic acids is 1. The maximum Gasteiger partial charge on any atom is 0.393 e. The minimum absolute atomic E-state index is 0.0702. The van der Waals surface area contributed by atoms with Crippen LogP contribution in [0.25, 0.3) is 0 Å². The van der Waals surface area contributed by atoms with Crippen molar-refractivity contribution in [3.63, 3.8) is 0 Å². The van der Waals surface area contributed by atoms with Gasteiger partial charge >= 0.3 is 6.18 Å². The SMILES string of the molecule is Cc1nc(SCC(=O)Nc2cccc(CC(F)(F)F)c2)n[nH]1. The Morgan fingerprint density at radius 3 is 2.82 bits per heavy atom. The fraction of sp³-hybridized carbons (Fsp3) is 0.308. The third-order valence-corrected chi connectivity index (χ3v) is 3.37. The number of aryl methyl sites for hydroxylation is 1. The summed E-state index contributed by atoms with van der Waals surface area (Å²) in [6.07, 6.45) is -5.30. The van der Waals surface area contributed by atoms with Gasteiger partial charge in [-0.1, -0.05) is 23.9 Å². The van der Waals surface area contributed by atoms with Gasteiger partial charge < -0.3 is 5.32 Å². The lowest BCUT2D eigenvalue weighted by Gasteiger charge is -2.09. The molecular weight excluding hydrogens is 317 g/mol. The van der Waals surface area contributed by atoms with E-state index in [0.717, 1.165) is 11.8 Å². The Morgan fingerprint density at radius 2 is 2.18 bits per heavy atom. The van der Waals surface area contributed by atoms with Gasteiger partial charge in [0.25, 0.3) is 0 Å². The Bertz CT molecular complexity index is 657. The number of thioether (sulfide) groups is 1. The zero-order valence-electron chi connectivity index (χ0n) is 11.6. The number of benzene rings is 1. The summed E-state index contributed by atoms with van der Waals surface area (Å²) in [6.45, 7) is 1.74. The van der Waals surface area contributed by atoms with Gasteiger partial charge in [0.1, 0.15) is 5.82 Å². The van der Waals surface area contributed by atoms with Crippen LogP contribution in [0.3, 0.4) is 0 Å². The molecule has 0 aliphatic carbocycles. The van der Waals surface area contributed by atoms with Crippen molar-refractivity contribution < 1.29 is 18.0 Å². The Morgan fingerprint density at radius 1 is 1.41 bits per heavy atom. The molecule has 0 radical (unpaired) electrons. The van der Waals surface area contributed by atoms with E-state index in [1.165, 1.54) is 18.2 Å². The lowest BCUT2D eigenvalue weighted by Crippen LogP contribution is -2.15. The molecule has 1 aromatic heterocycles. The van der Waals surface area contributed by atoms with E-state index in [2.05, 4.69) is 20.5 Å². The standard InChI is InChI=1S/C13H13F3N4OS/c1-8-17-12(20-19-8)22-7-11(21)18-10-4-2-3-9(5-10)6-13(14,15)16/h2-5H,6-7H2,1H3,(H,18,21)(H,17,19,20). The number of H-pyrrole nitrogens is 1. The first-order valence-electron chi connectivity index (χ1n) is 6.29. The number of aromatic amines is 1. The normalized spacial score (nSPS) is 11.5. The summed E-state index contributed by atoms with van der Waals surface area (Å²) >= 11 is 1.14. The predicted molar refractivity (Wildman–Crippen MR) is 76.7 cm³/mol. The molecule has 2 N–H and O–H groups in total. The topological polar surface area (TPSA) is 70.7 Å². The molecule has 1 heterocycles. The van der Waals surface area contributed by atoms with Crippen molar-refractivity contribution in [3.8, 4) is 0 Å². The maximum absolute atomic E-state index is 12.3. The van der Waals surface area contributed by atoms with E-state index >= 15 is 0 Å². The van der Waals surface area contributed by atoms with E-state index in [-0.39, 0.29) is 17.2 Å². The van der Waals surface area contributed by atoms with E-state index in [4.69, 9.17) is 0 Å². The van der Waals surface area contributed by atoms with Crippen molar-refractivity contribution >= 4 is 23.4 Å². The molecule has 0 unspecified atom stereocenters. The highest BCUT2D eigenvalue weighted by molar-refractivity contribution is 7.99. The minimum atomic E-state index is -4.28. The molecule has 0 aliphatic rings. The van der Waals surface area contributed by atoms with E-state index in [9.17, 15) is 18.0 Å². The van der Waals surface area contributed by atoms with Crippen LogP contribution in [0.5, 0.6) is 0 Å². The highest BCUT2D eigenvalue weighted by atomic mass is 32.2. The van der Waals surface area contributed by atoms with Gasteiger partial charge in [0.05, 0.1) is 12.2 Å². The second kappa shape index (κ2) is 6.82. The van der Waals surface area contributed by atoms with Crippen molar-refractivity contribution in [3.05, 3.63) is 35.7 Å². The lowest BCUT2D eigenvalue weighted by atomic mass is 10.1. The Labute approximate surface area is 128 Å². The van der Waals surface area contributed by atoms with Gasteiger partial charge in [0, 0.05) is 5.69 Å². The summed E-state index contributed by atoms with van der Waals surface area (Å²) in [6, 6.07) is 5.70. The summed E-state index contributed by atoms with van der Waals surface area (Å²) < 4.78 is 37.0. The number of hydrogen-bond donors (Lipinski definition) is 2. The van der Waals surface area contributed by atoms with Crippen molar-refractivity contribution in [2.75, 3.05) is 11.1 Å². The second-order valence-electron chi connectivity index (χ2n) is 4.53. The third-order valence-electron chi connectivity index (χ3n) is 2.52. The fourth-order valence-corrected chi connectivity index (χ4v) is 2.35. The summed E-state index contributed by atoms with van der Waals surface area (Å²) in [7, 11) is 0. The Balaban J connectivity index is 1.89. The van der Waals surface area contributed by atoms with Crippen LogP contribution in [0.4, 0.5) is 18.9 Å². The van der Waals surface area contributed by atoms with Crippen LogP contribution < -0.4 is 5.32 Å². The van der Waals surface area contributed by atoms with Gasteiger partial charge in [0.15, 0.2) is 0 Å². The van der Waals surface area contributed by atoms with Crippen LogP contribution in [-0.2, 0) is 11.2 Å². The molecule has 1 amide bonds. The van der Waals surface area contributed by atoms with Gasteiger partial charge in [-0.25, -0.2) is 4.98 Å². The van der Waals surface area contributed by atoms with Crippen LogP contribution in [0.15, 0.2) is 29.4 Å². The monoisotopic (exact) mass is 330 g/mol. The predicted octanol–water partition coefficient (Wildman–Crippen LogP) is 2.95. The molecule has 0 bridgehead atoms. The molecule has 0 atom stereocenters. The van der Waals surface area contributed by atoms with E-state index < -0.39 is 12.6 Å². The van der Waals surface area contributed by atoms with Crippen LogP contribution in [0, 0.1) is 6.92 Å². The lowest BCUT2D eigenvalue weighted by molar-refractivity contribution is -0.127. The molecule has 1 aromatic carbocycles. The van der Waals surface area contributed by atoms with Crippen molar-refractivity contribution in [2.24, 2.45) is 0 Å². The van der Waals surface area contributed by atoms with Gasteiger partial charge in [-0.3, -0.25) is 9.89 Å². The minimum Gasteiger partial charge on any atom is -0.325 e. The number of nitrogens with one attached hydrogen (secondary N) is 2. The molecule has 0 saturated carbocycles. The fourth-order valence-electron chi connectivity index (χ4n) is 1.70. The van der Waals surface area contributed by atoms with Gasteiger partial charge in [-0.05, 0) is 24.6 Å². The molecule has 0 aliphatic heterocycles. The first kappa shape index (κ1) is 16.3. The number of amides is 1. The largest absolute Gasteiger partial charge is 0.393 e. The summed E-state index contributed by atoms with van der Waals surface area (Å²) in [5, 5.41) is 9.52. The van der Waals surface area contributed by atoms with Crippen molar-refractivity contribution in [1.82, 2.24) is 15.2 Å². The molecule has 5 nitrogen and oxygen atoms in total. The van der Waals surface area contributed by atoms with Crippen LogP contribution in [0.1, 0.15) is 11.4 Å². The third kappa shape index (κ3) is 5.40. The van der Waals surface area contributed by atoms with E-state index in [1.807, 2.05) is 0 Å². The van der Waals surface area contributed by atoms with Gasteiger partial charge in [-0.15, -0.1) is 5.10 Å². The highest BCUT2D eigenvalue weighted by Gasteiger charge is 2.27. The Kier molecular flexibility index (Phi) is 5.07. The first-order chi connectivity index (χ1) is 10.3. The molecule has 2 aromatic rings. The molecule has 2 rings (SSSR count). The smallest absolute Gasteiger partial charge is 0.325 e. The first-order valence-corrected chi connectivity index (χ1v) is 7.28. The maximum atomic E-state index is 12.3. The number of anilines is 1. The molecule has 9 heteroatoms. The molecule has 22 heavy (non-hydrogen) atoms. The summed E-state index contributed by atoms with van der Waals surface area (Å²) in [5.41, 5.74) is 0.432. The van der Waals surface area contributed by atoms with Crippen LogP contribution in [-0.4, -0.2) is 33.0 Å². The Hall–Kier alpha value is -2.03. The molecule has 0 spiro atoms. The van der Waals surface area contributed by atoms with Crippen molar-refractivity contribution in [2.45, 2.75) is 24.7 Å². The number of aromatic nitrogens is 3. The van der Waals surface area contributed by atoms with Crippen molar-refractivity contribution in [1.29, 1.82) is 0 Å². The average Bonchev–Trinajstić information content (AvgIpc) is 2.81. The van der Waals surface area contributed by atoms with Crippen LogP contribution in [0.2, 0.25) is 0 Å². The zero-order valence-corrected chi connectivity index (χ0v) is 12.4. The number of halogens is 3. The molecule has 0 saturated heterocycles. The number of carbonyl (C=O) groups is 1. The van der Waals surface area contributed by atoms with Gasteiger partial charge in [-0.2, -0.15) is 13.2 Å². The summed E-state index contributed by atoms with van der Waals surface area (Å²) in [5.74, 6) is 0.375. The van der Waals surface area contributed by atoms with Gasteiger partial charge in [0.2, 0.25) is 11.1 Å². The molecule has 0 fully saturated rings. The molecule has 118 valence electrons. The molecular formula is C13H13F3N4OS. The zero-order chi connectivity index (χ0) is 16.2.